The number of carboxylic acid groups (broad SMARTS) is 1. The van der Waals surface area contributed by atoms with Gasteiger partial charge in [0.1, 0.15) is 0 Å². The van der Waals surface area contributed by atoms with Crippen LogP contribution in [0.2, 0.25) is 0 Å². The molecule has 6 aliphatic carbocycles. The van der Waals surface area contributed by atoms with Crippen LogP contribution in [0.15, 0.2) is 23.3 Å². The summed E-state index contributed by atoms with van der Waals surface area (Å²) < 4.78 is 24.3. The van der Waals surface area contributed by atoms with Crippen LogP contribution in [0.25, 0.3) is 0 Å². The summed E-state index contributed by atoms with van der Waals surface area (Å²) in [6.07, 6.45) is 20.0. The van der Waals surface area contributed by atoms with Gasteiger partial charge in [0.2, 0.25) is 5.91 Å². The Labute approximate surface area is 283 Å². The van der Waals surface area contributed by atoms with E-state index in [-0.39, 0.29) is 39.7 Å². The summed E-state index contributed by atoms with van der Waals surface area (Å²) >= 11 is 0. The van der Waals surface area contributed by atoms with Gasteiger partial charge in [0.15, 0.2) is 9.84 Å². The van der Waals surface area contributed by atoms with Gasteiger partial charge < -0.3 is 15.3 Å². The first-order chi connectivity index (χ1) is 22.2. The van der Waals surface area contributed by atoms with Crippen molar-refractivity contribution < 1.29 is 23.1 Å². The fourth-order valence-corrected chi connectivity index (χ4v) is 14.7. The van der Waals surface area contributed by atoms with Crippen LogP contribution < -0.4 is 5.32 Å². The molecule has 4 saturated carbocycles. The molecule has 1 amide bonds. The van der Waals surface area contributed by atoms with E-state index in [1.165, 1.54) is 56.1 Å². The van der Waals surface area contributed by atoms with Crippen molar-refractivity contribution in [1.29, 1.82) is 0 Å². The molecule has 0 aromatic carbocycles. The SMILES string of the molecule is CC1C(C2=CCC(C(=O)O)CC2)=CCC2(C)C1CCC1(C)C2CCC2C3CCCC3(NCC(=O)N3CCCS(=O)(=O)CC3)CC[C@]21C. The minimum atomic E-state index is -3.04. The zero-order valence-electron chi connectivity index (χ0n) is 29.5. The number of sulfone groups is 1. The number of carbonyl (C=O) groups excluding carboxylic acids is 1. The molecular weight excluding hydrogens is 609 g/mol. The summed E-state index contributed by atoms with van der Waals surface area (Å²) in [6, 6.07) is 0. The minimum absolute atomic E-state index is 0.0341. The smallest absolute Gasteiger partial charge is 0.306 e. The number of aliphatic carboxylic acids is 1. The van der Waals surface area contributed by atoms with Crippen LogP contribution in [-0.4, -0.2) is 67.0 Å². The fourth-order valence-electron chi connectivity index (χ4n) is 13.4. The van der Waals surface area contributed by atoms with Crippen LogP contribution in [0.3, 0.4) is 0 Å². The Bertz CT molecular complexity index is 1450. The Balaban J connectivity index is 1.07. The van der Waals surface area contributed by atoms with Crippen LogP contribution in [0.5, 0.6) is 0 Å². The maximum Gasteiger partial charge on any atom is 0.306 e. The molecule has 0 radical (unpaired) electrons. The first-order valence-corrected chi connectivity index (χ1v) is 20.9. The first kappa shape index (κ1) is 33.8. The molecule has 1 saturated heterocycles. The highest BCUT2D eigenvalue weighted by Crippen LogP contribution is 2.75. The highest BCUT2D eigenvalue weighted by atomic mass is 32.2. The number of rotatable bonds is 5. The zero-order chi connectivity index (χ0) is 33.4. The van der Waals surface area contributed by atoms with Crippen molar-refractivity contribution in [2.45, 2.75) is 123 Å². The maximum atomic E-state index is 13.4. The van der Waals surface area contributed by atoms with E-state index in [0.29, 0.717) is 67.5 Å². The number of hydrogen-bond donors (Lipinski definition) is 2. The lowest BCUT2D eigenvalue weighted by atomic mass is 9.34. The van der Waals surface area contributed by atoms with Gasteiger partial charge in [0, 0.05) is 18.6 Å². The molecule has 2 N–H and O–H groups in total. The molecule has 1 heterocycles. The highest BCUT2D eigenvalue weighted by Gasteiger charge is 2.68. The molecule has 0 bridgehead atoms. The van der Waals surface area contributed by atoms with E-state index in [1.807, 2.05) is 0 Å². The van der Waals surface area contributed by atoms with Crippen LogP contribution in [0.4, 0.5) is 0 Å². The van der Waals surface area contributed by atoms with E-state index in [0.717, 1.165) is 32.1 Å². The third-order valence-electron chi connectivity index (χ3n) is 16.2. The number of nitrogens with one attached hydrogen (secondary N) is 1. The lowest BCUT2D eigenvalue weighted by Crippen LogP contribution is -2.67. The van der Waals surface area contributed by atoms with Crippen molar-refractivity contribution in [3.8, 4) is 0 Å². The molecule has 10 atom stereocenters. The van der Waals surface area contributed by atoms with Crippen molar-refractivity contribution in [1.82, 2.24) is 10.2 Å². The third kappa shape index (κ3) is 5.40. The van der Waals surface area contributed by atoms with Crippen molar-refractivity contribution in [2.75, 3.05) is 31.1 Å². The largest absolute Gasteiger partial charge is 0.481 e. The van der Waals surface area contributed by atoms with Gasteiger partial charge in [-0.1, -0.05) is 46.3 Å². The van der Waals surface area contributed by atoms with E-state index in [2.05, 4.69) is 45.2 Å². The lowest BCUT2D eigenvalue weighted by Gasteiger charge is -2.71. The number of carboxylic acids is 1. The van der Waals surface area contributed by atoms with Crippen LogP contribution in [-0.2, 0) is 19.4 Å². The van der Waals surface area contributed by atoms with E-state index in [9.17, 15) is 23.1 Å². The molecule has 0 spiro atoms. The number of allylic oxidation sites excluding steroid dienone is 4. The Morgan fingerprint density at radius 3 is 2.45 bits per heavy atom. The molecule has 262 valence electrons. The summed E-state index contributed by atoms with van der Waals surface area (Å²) in [5.41, 5.74) is 3.86. The minimum Gasteiger partial charge on any atom is -0.481 e. The molecule has 47 heavy (non-hydrogen) atoms. The first-order valence-electron chi connectivity index (χ1n) is 19.1. The Kier molecular flexibility index (Phi) is 8.62. The molecule has 1 aliphatic heterocycles. The number of hydrogen-bond acceptors (Lipinski definition) is 5. The van der Waals surface area contributed by atoms with Crippen LogP contribution in [0, 0.1) is 51.8 Å². The standard InChI is InChI=1S/C39H60N2O5S/c1-26-29(27-8-10-28(11-9-27)35(43)44)14-17-36(2)30(26)15-18-38(4)33(36)13-12-31-32-7-5-16-39(32,20-19-37(31,38)3)40-25-34(42)41-21-6-23-47(45,46)24-22-41/h8,14,26,28,30-33,40H,5-7,9-13,15-25H2,1-4H3,(H,43,44)/t26?,28?,30?,31?,32?,33?,36?,37-,38?,39?/m1/s1. The van der Waals surface area contributed by atoms with Gasteiger partial charge in [-0.15, -0.1) is 0 Å². The molecule has 0 aromatic heterocycles. The highest BCUT2D eigenvalue weighted by molar-refractivity contribution is 7.91. The number of carbonyl (C=O) groups is 2. The monoisotopic (exact) mass is 668 g/mol. The van der Waals surface area contributed by atoms with Gasteiger partial charge in [0.25, 0.3) is 0 Å². The summed E-state index contributed by atoms with van der Waals surface area (Å²) in [5, 5.41) is 13.4. The summed E-state index contributed by atoms with van der Waals surface area (Å²) in [6.45, 7) is 11.7. The van der Waals surface area contributed by atoms with Crippen LogP contribution >= 0.6 is 0 Å². The van der Waals surface area contributed by atoms with Crippen molar-refractivity contribution >= 4 is 21.7 Å². The predicted octanol–water partition coefficient (Wildman–Crippen LogP) is 6.79. The molecule has 7 aliphatic rings. The Morgan fingerprint density at radius 1 is 0.894 bits per heavy atom. The average Bonchev–Trinajstić information content (AvgIpc) is 3.37. The molecular formula is C39H60N2O5S. The molecule has 7 rings (SSSR count). The zero-order valence-corrected chi connectivity index (χ0v) is 30.3. The second kappa shape index (κ2) is 12.0. The number of nitrogens with zero attached hydrogens (tertiary/aromatic N) is 1. The molecule has 8 heteroatoms. The molecule has 0 aromatic rings. The lowest BCUT2D eigenvalue weighted by molar-refractivity contribution is -0.212. The van der Waals surface area contributed by atoms with E-state index in [4.69, 9.17) is 0 Å². The Hall–Kier alpha value is -1.67. The van der Waals surface area contributed by atoms with Crippen LogP contribution in [0.1, 0.15) is 118 Å². The molecule has 9 unspecified atom stereocenters. The predicted molar refractivity (Wildman–Crippen MR) is 185 cm³/mol. The number of fused-ring (bicyclic) bond motifs is 7. The molecule has 7 nitrogen and oxygen atoms in total. The van der Waals surface area contributed by atoms with Gasteiger partial charge >= 0.3 is 5.97 Å². The van der Waals surface area contributed by atoms with Crippen molar-refractivity contribution in [2.24, 2.45) is 51.8 Å². The van der Waals surface area contributed by atoms with E-state index in [1.54, 1.807) is 4.90 Å². The summed E-state index contributed by atoms with van der Waals surface area (Å²) in [4.78, 5) is 26.7. The fraction of sp³-hybridized carbons (Fsp3) is 0.846. The van der Waals surface area contributed by atoms with E-state index >= 15 is 0 Å². The average molecular weight is 669 g/mol. The second-order valence-corrected chi connectivity index (χ2v) is 20.1. The van der Waals surface area contributed by atoms with Gasteiger partial charge in [0.05, 0.1) is 24.0 Å². The topological polar surface area (TPSA) is 104 Å². The van der Waals surface area contributed by atoms with Gasteiger partial charge in [-0.25, -0.2) is 8.42 Å². The third-order valence-corrected chi connectivity index (χ3v) is 17.9. The van der Waals surface area contributed by atoms with Gasteiger partial charge in [-0.05, 0) is 140 Å². The second-order valence-electron chi connectivity index (χ2n) is 17.8. The van der Waals surface area contributed by atoms with Crippen molar-refractivity contribution in [3.05, 3.63) is 23.3 Å². The Morgan fingerprint density at radius 2 is 1.70 bits per heavy atom. The summed E-state index contributed by atoms with van der Waals surface area (Å²) in [5.74, 6) is 2.66. The maximum absolute atomic E-state index is 13.4. The van der Waals surface area contributed by atoms with Crippen molar-refractivity contribution in [3.63, 3.8) is 0 Å². The summed E-state index contributed by atoms with van der Waals surface area (Å²) in [7, 11) is -3.04. The quantitative estimate of drug-likeness (QED) is 0.335. The van der Waals surface area contributed by atoms with Gasteiger partial charge in [-0.3, -0.25) is 9.59 Å². The number of amides is 1. The van der Waals surface area contributed by atoms with Gasteiger partial charge in [-0.2, -0.15) is 0 Å². The van der Waals surface area contributed by atoms with E-state index < -0.39 is 15.8 Å². The normalized spacial score (nSPS) is 46.1. The molecule has 5 fully saturated rings.